The summed E-state index contributed by atoms with van der Waals surface area (Å²) in [7, 11) is 0. The van der Waals surface area contributed by atoms with Crippen LogP contribution in [0.1, 0.15) is 5.56 Å². The van der Waals surface area contributed by atoms with Crippen LogP contribution in [0.15, 0.2) is 17.2 Å². The van der Waals surface area contributed by atoms with E-state index in [0.29, 0.717) is 5.69 Å². The fourth-order valence-electron chi connectivity index (χ4n) is 1.07. The molecule has 0 aliphatic carbocycles. The van der Waals surface area contributed by atoms with Crippen molar-refractivity contribution in [2.24, 2.45) is 10.8 Å². The van der Waals surface area contributed by atoms with E-state index in [9.17, 15) is 4.39 Å². The number of hydrogen-bond donors (Lipinski definition) is 3. The SMILES string of the molecule is Cc1cc(F)cc(N/N=C(\C#N)C(=N)N)c1I. The molecule has 0 radical (unpaired) electrons. The molecule has 1 rings (SSSR count). The summed E-state index contributed by atoms with van der Waals surface area (Å²) in [4.78, 5) is 0. The van der Waals surface area contributed by atoms with Crippen LogP contribution in [0.2, 0.25) is 0 Å². The molecule has 0 saturated carbocycles. The van der Waals surface area contributed by atoms with Crippen LogP contribution < -0.4 is 11.2 Å². The van der Waals surface area contributed by atoms with Gasteiger partial charge in [-0.2, -0.15) is 10.4 Å². The molecule has 1 aromatic carbocycles. The lowest BCUT2D eigenvalue weighted by Crippen LogP contribution is -2.22. The lowest BCUT2D eigenvalue weighted by molar-refractivity contribution is 0.626. The Kier molecular flexibility index (Phi) is 4.39. The van der Waals surface area contributed by atoms with Crippen molar-refractivity contribution < 1.29 is 4.39 Å². The summed E-state index contributed by atoms with van der Waals surface area (Å²) in [6.07, 6.45) is 0. The number of halogens is 2. The first-order valence-electron chi connectivity index (χ1n) is 4.49. The summed E-state index contributed by atoms with van der Waals surface area (Å²) < 4.78 is 13.9. The van der Waals surface area contributed by atoms with Gasteiger partial charge in [0.2, 0.25) is 5.71 Å². The molecule has 5 nitrogen and oxygen atoms in total. The quantitative estimate of drug-likeness (QED) is 0.338. The summed E-state index contributed by atoms with van der Waals surface area (Å²) in [5.41, 5.74) is 8.58. The molecule has 17 heavy (non-hydrogen) atoms. The van der Waals surface area contributed by atoms with E-state index in [1.54, 1.807) is 13.0 Å². The molecule has 0 fully saturated rings. The highest BCUT2D eigenvalue weighted by Gasteiger charge is 2.06. The smallest absolute Gasteiger partial charge is 0.201 e. The molecule has 0 bridgehead atoms. The van der Waals surface area contributed by atoms with Crippen molar-refractivity contribution in [2.75, 3.05) is 5.43 Å². The predicted octanol–water partition coefficient (Wildman–Crippen LogP) is 1.97. The van der Waals surface area contributed by atoms with Crippen LogP contribution in [0.3, 0.4) is 0 Å². The normalized spacial score (nSPS) is 10.8. The largest absolute Gasteiger partial charge is 0.382 e. The van der Waals surface area contributed by atoms with Gasteiger partial charge >= 0.3 is 0 Å². The van der Waals surface area contributed by atoms with Crippen molar-refractivity contribution in [3.63, 3.8) is 0 Å². The Labute approximate surface area is 111 Å². The van der Waals surface area contributed by atoms with Gasteiger partial charge in [-0.3, -0.25) is 10.8 Å². The van der Waals surface area contributed by atoms with Crippen molar-refractivity contribution in [1.82, 2.24) is 0 Å². The van der Waals surface area contributed by atoms with Crippen molar-refractivity contribution in [2.45, 2.75) is 6.92 Å². The van der Waals surface area contributed by atoms with Crippen molar-refractivity contribution in [1.29, 1.82) is 10.7 Å². The molecule has 0 atom stereocenters. The Morgan fingerprint density at radius 1 is 1.65 bits per heavy atom. The number of hydrazone groups is 1. The number of amidine groups is 1. The van der Waals surface area contributed by atoms with Crippen molar-refractivity contribution in [3.05, 3.63) is 27.1 Å². The first kappa shape index (κ1) is 13.4. The number of nitriles is 1. The third-order valence-corrected chi connectivity index (χ3v) is 3.30. The zero-order valence-electron chi connectivity index (χ0n) is 8.88. The molecule has 0 aromatic heterocycles. The standard InChI is InChI=1S/C10H9FIN5/c1-5-2-6(11)3-7(9(5)12)16-17-8(4-13)10(14)15/h2-3,16H,1H3,(H3,14,15)/b17-8+. The van der Waals surface area contributed by atoms with Gasteiger partial charge in [-0.15, -0.1) is 0 Å². The van der Waals surface area contributed by atoms with Crippen molar-refractivity contribution >= 4 is 39.8 Å². The van der Waals surface area contributed by atoms with E-state index < -0.39 is 11.7 Å². The Morgan fingerprint density at radius 2 is 2.29 bits per heavy atom. The first-order chi connectivity index (χ1) is 7.95. The van der Waals surface area contributed by atoms with Crippen LogP contribution in [0, 0.1) is 33.1 Å². The second kappa shape index (κ2) is 5.58. The topological polar surface area (TPSA) is 98.0 Å². The highest BCUT2D eigenvalue weighted by Crippen LogP contribution is 2.23. The molecule has 0 unspecified atom stereocenters. The van der Waals surface area contributed by atoms with Crippen LogP contribution in [0.4, 0.5) is 10.1 Å². The zero-order valence-corrected chi connectivity index (χ0v) is 11.0. The number of anilines is 1. The minimum Gasteiger partial charge on any atom is -0.382 e. The summed E-state index contributed by atoms with van der Waals surface area (Å²) in [5.74, 6) is -0.843. The Hall–Kier alpha value is -1.69. The fourth-order valence-corrected chi connectivity index (χ4v) is 1.50. The number of nitrogens with two attached hydrogens (primary N) is 1. The lowest BCUT2D eigenvalue weighted by atomic mass is 10.2. The minimum absolute atomic E-state index is 0.247. The molecule has 4 N–H and O–H groups in total. The Bertz CT molecular complexity index is 532. The van der Waals surface area contributed by atoms with Crippen molar-refractivity contribution in [3.8, 4) is 6.07 Å². The van der Waals surface area contributed by atoms with Gasteiger partial charge in [-0.25, -0.2) is 4.39 Å². The predicted molar refractivity (Wildman–Crippen MR) is 72.4 cm³/mol. The van der Waals surface area contributed by atoms with Crippen LogP contribution >= 0.6 is 22.6 Å². The molecule has 0 saturated heterocycles. The van der Waals surface area contributed by atoms with E-state index >= 15 is 0 Å². The first-order valence-corrected chi connectivity index (χ1v) is 5.57. The van der Waals surface area contributed by atoms with Gasteiger partial charge in [0.1, 0.15) is 11.9 Å². The molecule has 0 spiro atoms. The number of benzene rings is 1. The monoisotopic (exact) mass is 345 g/mol. The Morgan fingerprint density at radius 3 is 2.82 bits per heavy atom. The molecule has 0 aliphatic rings. The lowest BCUT2D eigenvalue weighted by Gasteiger charge is -2.07. The van der Waals surface area contributed by atoms with Gasteiger partial charge in [0, 0.05) is 3.57 Å². The summed E-state index contributed by atoms with van der Waals surface area (Å²) in [6.45, 7) is 1.76. The maximum Gasteiger partial charge on any atom is 0.201 e. The van der Waals surface area contributed by atoms with Gasteiger partial charge in [0.05, 0.1) is 5.69 Å². The fraction of sp³-hybridized carbons (Fsp3) is 0.100. The summed E-state index contributed by atoms with van der Waals surface area (Å²) >= 11 is 2.03. The third kappa shape index (κ3) is 3.39. The molecular formula is C10H9FIN5. The summed E-state index contributed by atoms with van der Waals surface area (Å²) in [5, 5.41) is 19.3. The summed E-state index contributed by atoms with van der Waals surface area (Å²) in [6, 6.07) is 4.32. The van der Waals surface area contributed by atoms with Crippen LogP contribution in [-0.2, 0) is 0 Å². The molecule has 1 aromatic rings. The van der Waals surface area contributed by atoms with E-state index in [-0.39, 0.29) is 5.71 Å². The van der Waals surface area contributed by atoms with E-state index in [0.717, 1.165) is 9.13 Å². The zero-order chi connectivity index (χ0) is 13.0. The molecule has 88 valence electrons. The average Bonchev–Trinajstić information content (AvgIpc) is 2.25. The van der Waals surface area contributed by atoms with E-state index in [1.165, 1.54) is 12.1 Å². The third-order valence-electron chi connectivity index (χ3n) is 1.87. The molecule has 0 aliphatic heterocycles. The average molecular weight is 345 g/mol. The number of rotatable bonds is 3. The van der Waals surface area contributed by atoms with Gasteiger partial charge in [0.15, 0.2) is 5.84 Å². The van der Waals surface area contributed by atoms with Gasteiger partial charge in [0.25, 0.3) is 0 Å². The second-order valence-electron chi connectivity index (χ2n) is 3.18. The number of hydrogen-bond acceptors (Lipinski definition) is 4. The van der Waals surface area contributed by atoms with Gasteiger partial charge in [-0.1, -0.05) is 0 Å². The van der Waals surface area contributed by atoms with Crippen LogP contribution in [-0.4, -0.2) is 11.5 Å². The highest BCUT2D eigenvalue weighted by molar-refractivity contribution is 14.1. The molecule has 0 heterocycles. The number of nitrogens with zero attached hydrogens (tertiary/aromatic N) is 2. The molecule has 7 heteroatoms. The van der Waals surface area contributed by atoms with Crippen LogP contribution in [0.5, 0.6) is 0 Å². The maximum atomic E-state index is 13.1. The Balaban J connectivity index is 3.05. The minimum atomic E-state index is -0.442. The van der Waals surface area contributed by atoms with E-state index in [2.05, 4.69) is 10.5 Å². The van der Waals surface area contributed by atoms with Gasteiger partial charge < -0.3 is 5.73 Å². The number of nitrogens with one attached hydrogen (secondary N) is 2. The van der Waals surface area contributed by atoms with E-state index in [4.69, 9.17) is 16.4 Å². The highest BCUT2D eigenvalue weighted by atomic mass is 127. The maximum absolute atomic E-state index is 13.1. The number of aryl methyl sites for hydroxylation is 1. The van der Waals surface area contributed by atoms with E-state index in [1.807, 2.05) is 22.6 Å². The van der Waals surface area contributed by atoms with Crippen LogP contribution in [0.25, 0.3) is 0 Å². The molecular weight excluding hydrogens is 336 g/mol. The van der Waals surface area contributed by atoms with Gasteiger partial charge in [-0.05, 0) is 47.2 Å². The second-order valence-corrected chi connectivity index (χ2v) is 4.26. The molecule has 0 amide bonds.